The van der Waals surface area contributed by atoms with Gasteiger partial charge < -0.3 is 15.2 Å². The molecule has 4 aromatic rings. The molecule has 4 rings (SSSR count). The Morgan fingerprint density at radius 3 is 2.47 bits per heavy atom. The van der Waals surface area contributed by atoms with E-state index >= 15 is 0 Å². The van der Waals surface area contributed by atoms with Crippen LogP contribution in [0.4, 0.5) is 17.1 Å². The van der Waals surface area contributed by atoms with Gasteiger partial charge in [-0.2, -0.15) is 8.42 Å². The van der Waals surface area contributed by atoms with Gasteiger partial charge in [-0.1, -0.05) is 60.5 Å². The van der Waals surface area contributed by atoms with Crippen LogP contribution < -0.4 is 10.1 Å². The summed E-state index contributed by atoms with van der Waals surface area (Å²) in [5, 5.41) is 23.1. The Hall–Kier alpha value is -3.70. The number of halogens is 2. The van der Waals surface area contributed by atoms with Gasteiger partial charge in [-0.25, -0.2) is 0 Å². The number of phenolic OH excluding ortho intramolecular Hbond substituents is 1. The van der Waals surface area contributed by atoms with Crippen molar-refractivity contribution in [2.75, 3.05) is 12.4 Å². The van der Waals surface area contributed by atoms with Gasteiger partial charge in [0.1, 0.15) is 22.0 Å². The minimum atomic E-state index is -4.75. The first-order valence-electron chi connectivity index (χ1n) is 11.1. The highest BCUT2D eigenvalue weighted by molar-refractivity contribution is 7.86. The predicted molar refractivity (Wildman–Crippen MR) is 146 cm³/mol. The standard InChI is InChI=1S/C26H21Cl2N3O6S/c1-3-14-8-10-20(25(22(14)28)38(34,35)36)30-31-23-17-7-5-4-6-15(17)12-18(24(23)32)26(33)29-19-11-9-16(27)13-21(19)37-2/h4-13,32H,3H2,1-2H3,(H,29,33)(H,34,35,36). The van der Waals surface area contributed by atoms with Crippen molar-refractivity contribution in [3.63, 3.8) is 0 Å². The number of hydrogen-bond donors (Lipinski definition) is 3. The number of carbonyl (C=O) groups excluding carboxylic acids is 1. The minimum Gasteiger partial charge on any atom is -0.505 e. The van der Waals surface area contributed by atoms with Crippen molar-refractivity contribution < 1.29 is 27.6 Å². The molecule has 0 aliphatic carbocycles. The highest BCUT2D eigenvalue weighted by Gasteiger charge is 2.23. The lowest BCUT2D eigenvalue weighted by Crippen LogP contribution is -2.13. The molecule has 12 heteroatoms. The molecular formula is C26H21Cl2N3O6S. The Bertz CT molecular complexity index is 1710. The molecule has 3 N–H and O–H groups in total. The van der Waals surface area contributed by atoms with Crippen molar-refractivity contribution in [2.24, 2.45) is 10.2 Å². The number of aromatic hydroxyl groups is 1. The number of nitrogens with one attached hydrogen (secondary N) is 1. The molecule has 0 fully saturated rings. The number of azo groups is 1. The maximum Gasteiger partial charge on any atom is 0.298 e. The Kier molecular flexibility index (Phi) is 7.89. The average molecular weight is 574 g/mol. The monoisotopic (exact) mass is 573 g/mol. The number of aryl methyl sites for hydroxylation is 1. The Labute approximate surface area is 228 Å². The molecule has 4 aromatic carbocycles. The Morgan fingerprint density at radius 2 is 1.79 bits per heavy atom. The predicted octanol–water partition coefficient (Wildman–Crippen LogP) is 7.34. The van der Waals surface area contributed by atoms with Crippen LogP contribution >= 0.6 is 23.2 Å². The molecule has 0 aliphatic rings. The molecule has 0 aliphatic heterocycles. The summed E-state index contributed by atoms with van der Waals surface area (Å²) in [7, 11) is -3.33. The van der Waals surface area contributed by atoms with E-state index in [0.717, 1.165) is 0 Å². The number of nitrogens with zero attached hydrogens (tertiary/aromatic N) is 2. The molecule has 1 amide bonds. The normalized spacial score (nSPS) is 11.7. The van der Waals surface area contributed by atoms with Gasteiger partial charge in [0.05, 0.1) is 23.4 Å². The van der Waals surface area contributed by atoms with Crippen LogP contribution in [-0.4, -0.2) is 31.1 Å². The summed E-state index contributed by atoms with van der Waals surface area (Å²) in [6.07, 6.45) is 0.416. The quantitative estimate of drug-likeness (QED) is 0.156. The van der Waals surface area contributed by atoms with Crippen LogP contribution in [0.1, 0.15) is 22.8 Å². The first kappa shape index (κ1) is 27.3. The lowest BCUT2D eigenvalue weighted by atomic mass is 10.0. The summed E-state index contributed by atoms with van der Waals surface area (Å²) < 4.78 is 39.2. The summed E-state index contributed by atoms with van der Waals surface area (Å²) >= 11 is 12.2. The summed E-state index contributed by atoms with van der Waals surface area (Å²) in [5.74, 6) is -0.849. The van der Waals surface area contributed by atoms with Crippen LogP contribution in [0.25, 0.3) is 10.8 Å². The van der Waals surface area contributed by atoms with Crippen molar-refractivity contribution in [3.05, 3.63) is 81.8 Å². The number of benzene rings is 4. The molecule has 0 radical (unpaired) electrons. The highest BCUT2D eigenvalue weighted by atomic mass is 35.5. The largest absolute Gasteiger partial charge is 0.505 e. The number of methoxy groups -OCH3 is 1. The zero-order chi connectivity index (χ0) is 27.6. The number of amides is 1. The van der Waals surface area contributed by atoms with Crippen LogP contribution in [0, 0.1) is 0 Å². The number of carbonyl (C=O) groups is 1. The molecule has 0 atom stereocenters. The number of anilines is 1. The van der Waals surface area contributed by atoms with Crippen LogP contribution in [0.3, 0.4) is 0 Å². The third kappa shape index (κ3) is 5.44. The lowest BCUT2D eigenvalue weighted by molar-refractivity contribution is 0.102. The van der Waals surface area contributed by atoms with Crippen molar-refractivity contribution >= 4 is 67.1 Å². The zero-order valence-corrected chi connectivity index (χ0v) is 22.4. The highest BCUT2D eigenvalue weighted by Crippen LogP contribution is 2.41. The lowest BCUT2D eigenvalue weighted by Gasteiger charge is -2.13. The molecule has 38 heavy (non-hydrogen) atoms. The summed E-state index contributed by atoms with van der Waals surface area (Å²) in [6, 6.07) is 15.9. The average Bonchev–Trinajstić information content (AvgIpc) is 2.88. The summed E-state index contributed by atoms with van der Waals surface area (Å²) in [4.78, 5) is 12.6. The molecule has 0 heterocycles. The fraction of sp³-hybridized carbons (Fsp3) is 0.115. The van der Waals surface area contributed by atoms with Gasteiger partial charge in [-0.3, -0.25) is 9.35 Å². The third-order valence-corrected chi connectivity index (χ3v) is 7.41. The molecule has 0 bridgehead atoms. The molecule has 0 unspecified atom stereocenters. The van der Waals surface area contributed by atoms with Crippen LogP contribution in [0.15, 0.2) is 75.8 Å². The van der Waals surface area contributed by atoms with Gasteiger partial charge in [0.15, 0.2) is 5.75 Å². The van der Waals surface area contributed by atoms with E-state index in [-0.39, 0.29) is 22.0 Å². The van der Waals surface area contributed by atoms with Gasteiger partial charge in [-0.05, 0) is 41.6 Å². The Balaban J connectivity index is 1.84. The van der Waals surface area contributed by atoms with Crippen LogP contribution in [0.5, 0.6) is 11.5 Å². The van der Waals surface area contributed by atoms with Crippen LogP contribution in [0.2, 0.25) is 10.0 Å². The van der Waals surface area contributed by atoms with E-state index in [1.807, 2.05) is 0 Å². The van der Waals surface area contributed by atoms with Gasteiger partial charge >= 0.3 is 0 Å². The second-order valence-corrected chi connectivity index (χ2v) is 10.2. The van der Waals surface area contributed by atoms with Crippen molar-refractivity contribution in [2.45, 2.75) is 18.2 Å². The molecule has 0 saturated heterocycles. The topological polar surface area (TPSA) is 138 Å². The van der Waals surface area contributed by atoms with E-state index in [9.17, 15) is 22.9 Å². The first-order valence-corrected chi connectivity index (χ1v) is 13.3. The summed E-state index contributed by atoms with van der Waals surface area (Å²) in [6.45, 7) is 1.77. The second kappa shape index (κ2) is 11.0. The van der Waals surface area contributed by atoms with E-state index in [2.05, 4.69) is 15.5 Å². The minimum absolute atomic E-state index is 0.0895. The number of fused-ring (bicyclic) bond motifs is 1. The number of rotatable bonds is 7. The van der Waals surface area contributed by atoms with Gasteiger partial charge in [0, 0.05) is 16.5 Å². The maximum atomic E-state index is 13.2. The third-order valence-electron chi connectivity index (χ3n) is 5.70. The summed E-state index contributed by atoms with van der Waals surface area (Å²) in [5.41, 5.74) is 0.361. The number of hydrogen-bond acceptors (Lipinski definition) is 7. The van der Waals surface area contributed by atoms with E-state index < -0.39 is 26.7 Å². The zero-order valence-electron chi connectivity index (χ0n) is 20.1. The smallest absolute Gasteiger partial charge is 0.298 e. The second-order valence-electron chi connectivity index (χ2n) is 8.06. The number of ether oxygens (including phenoxy) is 1. The van der Waals surface area contributed by atoms with Crippen molar-refractivity contribution in [3.8, 4) is 11.5 Å². The molecular weight excluding hydrogens is 553 g/mol. The first-order chi connectivity index (χ1) is 18.0. The Morgan fingerprint density at radius 1 is 1.05 bits per heavy atom. The molecule has 196 valence electrons. The maximum absolute atomic E-state index is 13.2. The van der Waals surface area contributed by atoms with Crippen molar-refractivity contribution in [1.29, 1.82) is 0 Å². The fourth-order valence-electron chi connectivity index (χ4n) is 3.84. The van der Waals surface area contributed by atoms with E-state index in [1.54, 1.807) is 49.4 Å². The van der Waals surface area contributed by atoms with Crippen LogP contribution in [-0.2, 0) is 16.5 Å². The van der Waals surface area contributed by atoms with Gasteiger partial charge in [0.25, 0.3) is 16.0 Å². The van der Waals surface area contributed by atoms with E-state index in [4.69, 9.17) is 27.9 Å². The molecule has 0 aromatic heterocycles. The van der Waals surface area contributed by atoms with E-state index in [0.29, 0.717) is 39.2 Å². The van der Waals surface area contributed by atoms with E-state index in [1.165, 1.54) is 25.3 Å². The molecule has 0 spiro atoms. The number of phenols is 1. The van der Waals surface area contributed by atoms with Gasteiger partial charge in [0.2, 0.25) is 0 Å². The van der Waals surface area contributed by atoms with Crippen molar-refractivity contribution in [1.82, 2.24) is 0 Å². The SMILES string of the molecule is CCc1ccc(N=Nc2c(O)c(C(=O)Nc3ccc(Cl)cc3OC)cc3ccccc23)c(S(=O)(=O)O)c1Cl. The fourth-order valence-corrected chi connectivity index (χ4v) is 5.32. The van der Waals surface area contributed by atoms with Gasteiger partial charge in [-0.15, -0.1) is 10.2 Å². The molecule has 0 saturated carbocycles. The molecule has 9 nitrogen and oxygen atoms in total.